The number of thioether (sulfide) groups is 1. The molecule has 0 aliphatic carbocycles. The van der Waals surface area contributed by atoms with E-state index >= 15 is 0 Å². The van der Waals surface area contributed by atoms with E-state index in [0.717, 1.165) is 45.2 Å². The predicted octanol–water partition coefficient (Wildman–Crippen LogP) is 10.6. The predicted molar refractivity (Wildman–Crippen MR) is 291 cm³/mol. The Kier molecular flexibility index (Phi) is 16.8. The Hall–Kier alpha value is -5.22. The number of aliphatic hydroxyl groups excluding tert-OH is 1. The number of piperidine rings is 1. The largest absolute Gasteiger partial charge is 0.501 e. The molecule has 3 N–H and O–H groups in total. The van der Waals surface area contributed by atoms with E-state index in [4.69, 9.17) is 11.6 Å². The number of anilines is 4. The Labute approximate surface area is 441 Å². The molecule has 2 aliphatic heterocycles. The molecule has 13 nitrogen and oxygen atoms in total. The number of alkyl halides is 3. The lowest BCUT2D eigenvalue weighted by Crippen LogP contribution is -2.46. The molecule has 0 unspecified atom stereocenters. The molecule has 2 aliphatic rings. The number of hydrogen-bond acceptors (Lipinski definition) is 12. The third-order valence-electron chi connectivity index (χ3n) is 13.4. The molecule has 2 saturated heterocycles. The normalized spacial score (nSPS) is 15.9. The fourth-order valence-corrected chi connectivity index (χ4v) is 14.2. The highest BCUT2D eigenvalue weighted by molar-refractivity contribution is 7.99. The van der Waals surface area contributed by atoms with E-state index < -0.39 is 57.1 Å². The van der Waals surface area contributed by atoms with Gasteiger partial charge in [-0.25, -0.2) is 25.3 Å². The van der Waals surface area contributed by atoms with Crippen molar-refractivity contribution >= 4 is 75.8 Å². The van der Waals surface area contributed by atoms with E-state index in [1.807, 2.05) is 87.5 Å². The van der Waals surface area contributed by atoms with Gasteiger partial charge in [0.1, 0.15) is 4.90 Å². The lowest BCUT2D eigenvalue weighted by Gasteiger charge is -2.37. The third-order valence-corrected chi connectivity index (χ3v) is 19.0. The lowest BCUT2D eigenvalue weighted by molar-refractivity contribution is -0.0435. The zero-order valence-corrected chi connectivity index (χ0v) is 45.4. The van der Waals surface area contributed by atoms with Crippen molar-refractivity contribution in [3.63, 3.8) is 0 Å². The molecule has 0 radical (unpaired) electrons. The minimum absolute atomic E-state index is 0.0473. The number of sulfonamides is 1. The number of sulfone groups is 2. The fourth-order valence-electron chi connectivity index (χ4n) is 9.73. The van der Waals surface area contributed by atoms with Gasteiger partial charge in [0, 0.05) is 108 Å². The van der Waals surface area contributed by atoms with Crippen LogP contribution in [0.3, 0.4) is 0 Å². The van der Waals surface area contributed by atoms with Crippen LogP contribution in [0, 0.1) is 6.92 Å². The standard InChI is InChI=1S/C53H60ClF3N6O7S4/c1-36(2)63-37(3)52(72(4,65)66)50(51(63)38-13-15-40(54)16-14-38)39-9-8-10-44(33-39)62-31-29-61(30-32-62)43-19-17-41(18-20-43)59-74(69,70)47-21-22-48(49(34-47)73(67,68)53(55,56)57)58-42(35-71-46-11-6-5-7-12-46)23-26-60-27-24-45(64)25-28-60/h5-22,33-34,36,42,45,58-59,64H,23-32,35H2,1-4H3/t42-/m1/s1. The second kappa shape index (κ2) is 22.5. The molecular formula is C53H60ClF3N6O7S4. The second-order valence-corrected chi connectivity index (χ2v) is 26.1. The van der Waals surface area contributed by atoms with Crippen LogP contribution in [0.2, 0.25) is 5.02 Å². The van der Waals surface area contributed by atoms with Gasteiger partial charge in [-0.05, 0) is 130 Å². The molecule has 8 rings (SSSR count). The van der Waals surface area contributed by atoms with Crippen LogP contribution in [0.25, 0.3) is 22.4 Å². The summed E-state index contributed by atoms with van der Waals surface area (Å²) in [6, 6.07) is 33.3. The molecule has 1 atom stereocenters. The summed E-state index contributed by atoms with van der Waals surface area (Å²) in [5, 5.41) is 13.6. The van der Waals surface area contributed by atoms with Crippen LogP contribution in [0.4, 0.5) is 35.9 Å². The lowest BCUT2D eigenvalue weighted by atomic mass is 10.00. The van der Waals surface area contributed by atoms with E-state index in [9.17, 15) is 43.5 Å². The van der Waals surface area contributed by atoms with Crippen LogP contribution in [0.5, 0.6) is 0 Å². The first-order valence-corrected chi connectivity index (χ1v) is 30.5. The number of nitrogens with zero attached hydrogens (tertiary/aromatic N) is 4. The van der Waals surface area contributed by atoms with E-state index in [2.05, 4.69) is 29.3 Å². The first-order valence-electron chi connectivity index (χ1n) is 24.2. The summed E-state index contributed by atoms with van der Waals surface area (Å²) in [7, 11) is -14.3. The minimum Gasteiger partial charge on any atom is -0.393 e. The number of likely N-dealkylation sites (tertiary alicyclic amines) is 1. The number of benzene rings is 5. The zero-order valence-electron chi connectivity index (χ0n) is 41.4. The molecule has 1 aromatic heterocycles. The number of rotatable bonds is 18. The van der Waals surface area contributed by atoms with Crippen LogP contribution in [-0.2, 0) is 29.7 Å². The fraction of sp³-hybridized carbons (Fsp3) is 0.358. The van der Waals surface area contributed by atoms with Crippen molar-refractivity contribution in [3.8, 4) is 22.4 Å². The maximum absolute atomic E-state index is 14.3. The van der Waals surface area contributed by atoms with Crippen molar-refractivity contribution in [3.05, 3.63) is 132 Å². The quantitative estimate of drug-likeness (QED) is 0.0700. The van der Waals surface area contributed by atoms with Crippen LogP contribution >= 0.6 is 23.4 Å². The Morgan fingerprint density at radius 1 is 0.757 bits per heavy atom. The summed E-state index contributed by atoms with van der Waals surface area (Å²) >= 11 is 7.72. The molecule has 5 aromatic carbocycles. The summed E-state index contributed by atoms with van der Waals surface area (Å²) in [4.78, 5) is 5.81. The van der Waals surface area contributed by atoms with Gasteiger partial charge in [-0.15, -0.1) is 11.8 Å². The van der Waals surface area contributed by atoms with Gasteiger partial charge < -0.3 is 29.7 Å². The molecule has 21 heteroatoms. The third kappa shape index (κ3) is 12.5. The number of aromatic nitrogens is 1. The van der Waals surface area contributed by atoms with E-state index in [0.29, 0.717) is 93.2 Å². The van der Waals surface area contributed by atoms with Crippen molar-refractivity contribution < 1.29 is 43.5 Å². The van der Waals surface area contributed by atoms with E-state index in [1.165, 1.54) is 30.2 Å². The Bertz CT molecular complexity index is 3280. The highest BCUT2D eigenvalue weighted by atomic mass is 35.5. The number of piperazine rings is 1. The van der Waals surface area contributed by atoms with Gasteiger partial charge in [0.2, 0.25) is 0 Å². The van der Waals surface area contributed by atoms with Crippen LogP contribution in [0.1, 0.15) is 44.8 Å². The van der Waals surface area contributed by atoms with Gasteiger partial charge in [0.15, 0.2) is 9.84 Å². The summed E-state index contributed by atoms with van der Waals surface area (Å²) in [6.07, 6.45) is 2.46. The molecule has 2 fully saturated rings. The highest BCUT2D eigenvalue weighted by Gasteiger charge is 2.48. The number of aliphatic hydroxyl groups is 1. The monoisotopic (exact) mass is 1110 g/mol. The maximum Gasteiger partial charge on any atom is 0.501 e. The van der Waals surface area contributed by atoms with Crippen LogP contribution in [0.15, 0.2) is 141 Å². The first kappa shape index (κ1) is 55.0. The highest BCUT2D eigenvalue weighted by Crippen LogP contribution is 2.45. The number of nitrogens with one attached hydrogen (secondary N) is 2. The molecule has 6 aromatic rings. The molecule has 0 spiro atoms. The summed E-state index contributed by atoms with van der Waals surface area (Å²) in [6.45, 7) is 10.1. The van der Waals surface area contributed by atoms with Gasteiger partial charge in [0.25, 0.3) is 19.9 Å². The average molecular weight is 1110 g/mol. The number of hydrogen-bond donors (Lipinski definition) is 3. The Morgan fingerprint density at radius 3 is 2.00 bits per heavy atom. The van der Waals surface area contributed by atoms with Crippen LogP contribution < -0.4 is 19.8 Å². The SMILES string of the molecule is Cc1c(S(C)(=O)=O)c(-c2cccc(N3CCN(c4ccc(NS(=O)(=O)c5ccc(N[C@H](CCN6CCC(O)CC6)CSc6ccccc6)c(S(=O)(=O)C(F)(F)F)c5)cc4)CC3)c2)c(-c2ccc(Cl)cc2)n1C(C)C. The summed E-state index contributed by atoms with van der Waals surface area (Å²) < 4.78 is 128. The average Bonchev–Trinajstić information content (AvgIpc) is 3.69. The minimum atomic E-state index is -6.03. The molecule has 396 valence electrons. The van der Waals surface area contributed by atoms with Crippen molar-refractivity contribution in [2.24, 2.45) is 0 Å². The zero-order chi connectivity index (χ0) is 53.2. The van der Waals surface area contributed by atoms with E-state index in [-0.39, 0.29) is 22.3 Å². The number of halogens is 4. The van der Waals surface area contributed by atoms with Crippen molar-refractivity contribution in [2.75, 3.05) is 77.7 Å². The molecule has 0 amide bonds. The molecular weight excluding hydrogens is 1050 g/mol. The maximum atomic E-state index is 14.3. The van der Waals surface area contributed by atoms with Gasteiger partial charge in [-0.1, -0.05) is 54.1 Å². The van der Waals surface area contributed by atoms with Crippen molar-refractivity contribution in [1.82, 2.24) is 9.47 Å². The molecule has 0 bridgehead atoms. The van der Waals surface area contributed by atoms with Crippen molar-refractivity contribution in [1.29, 1.82) is 0 Å². The summed E-state index contributed by atoms with van der Waals surface area (Å²) in [5.74, 6) is 0.365. The Morgan fingerprint density at radius 2 is 1.39 bits per heavy atom. The molecule has 0 saturated carbocycles. The van der Waals surface area contributed by atoms with Gasteiger partial charge in [0.05, 0.1) is 27.3 Å². The Balaban J connectivity index is 0.976. The topological polar surface area (TPSA) is 161 Å². The van der Waals surface area contributed by atoms with Gasteiger partial charge >= 0.3 is 5.51 Å². The van der Waals surface area contributed by atoms with Crippen molar-refractivity contribution in [2.45, 2.75) is 83.3 Å². The van der Waals surface area contributed by atoms with Gasteiger partial charge in [-0.3, -0.25) is 4.72 Å². The van der Waals surface area contributed by atoms with E-state index in [1.54, 1.807) is 24.3 Å². The molecule has 3 heterocycles. The first-order chi connectivity index (χ1) is 35.0. The van der Waals surface area contributed by atoms with Gasteiger partial charge in [-0.2, -0.15) is 13.2 Å². The second-order valence-electron chi connectivity index (χ2n) is 19.0. The molecule has 74 heavy (non-hydrogen) atoms. The smallest absolute Gasteiger partial charge is 0.393 e. The summed E-state index contributed by atoms with van der Waals surface area (Å²) in [5.41, 5.74) is -0.622. The van der Waals surface area contributed by atoms with Crippen LogP contribution in [-0.4, -0.2) is 115 Å².